The van der Waals surface area contributed by atoms with Gasteiger partial charge in [0.2, 0.25) is 5.76 Å². The molecular weight excluding hydrogens is 418 g/mol. The van der Waals surface area contributed by atoms with Crippen molar-refractivity contribution in [1.29, 1.82) is 5.26 Å². The Kier molecular flexibility index (Phi) is 6.09. The molecule has 0 saturated carbocycles. The summed E-state index contributed by atoms with van der Waals surface area (Å²) in [5.41, 5.74) is 3.25. The topological polar surface area (TPSA) is 97.3 Å². The fourth-order valence-corrected chi connectivity index (χ4v) is 3.59. The van der Waals surface area contributed by atoms with E-state index in [-0.39, 0.29) is 11.3 Å². The number of anilines is 1. The monoisotopic (exact) mass is 439 g/mol. The van der Waals surface area contributed by atoms with Crippen LogP contribution >= 0.6 is 0 Å². The second-order valence-corrected chi connectivity index (χ2v) is 7.48. The molecule has 0 saturated heterocycles. The van der Waals surface area contributed by atoms with Gasteiger partial charge in [-0.3, -0.25) is 4.79 Å². The van der Waals surface area contributed by atoms with Gasteiger partial charge in [0.1, 0.15) is 17.4 Å². The van der Waals surface area contributed by atoms with E-state index < -0.39 is 11.9 Å². The Hall–Kier alpha value is -4.57. The number of nitriles is 1. The normalized spacial score (nSPS) is 11.2. The molecular formula is C26H21N3O4. The highest BCUT2D eigenvalue weighted by Crippen LogP contribution is 2.25. The lowest BCUT2D eigenvalue weighted by Crippen LogP contribution is -2.13. The molecule has 0 spiro atoms. The maximum atomic E-state index is 12.7. The zero-order valence-electron chi connectivity index (χ0n) is 18.2. The molecule has 0 fully saturated rings. The smallest absolute Gasteiger partial charge is 0.373 e. The zero-order chi connectivity index (χ0) is 23.4. The molecule has 0 unspecified atom stereocenters. The summed E-state index contributed by atoms with van der Waals surface area (Å²) >= 11 is 0. The molecule has 2 heterocycles. The molecule has 2 aromatic carbocycles. The Morgan fingerprint density at radius 1 is 1.15 bits per heavy atom. The number of fused-ring (bicyclic) bond motifs is 1. The number of hydrogen-bond acceptors (Lipinski definition) is 5. The van der Waals surface area contributed by atoms with E-state index in [0.29, 0.717) is 18.0 Å². The summed E-state index contributed by atoms with van der Waals surface area (Å²) in [7, 11) is 1.30. The average Bonchev–Trinajstić information content (AvgIpc) is 3.42. The number of aryl methyl sites for hydroxylation is 1. The standard InChI is InChI=1S/C26H21N3O4/c1-17-6-5-7-20(12-17)28-25(30)18(14-27)13-19-15-29(23-9-4-3-8-22(19)23)16-21-10-11-24(33-21)26(31)32-2/h3-13,15H,16H2,1-2H3,(H,28,30)/b18-13-. The lowest BCUT2D eigenvalue weighted by atomic mass is 10.1. The van der Waals surface area contributed by atoms with Crippen molar-refractivity contribution >= 4 is 34.5 Å². The Morgan fingerprint density at radius 3 is 2.73 bits per heavy atom. The first kappa shape index (κ1) is 21.7. The molecule has 0 radical (unpaired) electrons. The highest BCUT2D eigenvalue weighted by molar-refractivity contribution is 6.10. The van der Waals surface area contributed by atoms with Gasteiger partial charge >= 0.3 is 5.97 Å². The third kappa shape index (κ3) is 4.70. The largest absolute Gasteiger partial charge is 0.463 e. The minimum Gasteiger partial charge on any atom is -0.463 e. The van der Waals surface area contributed by atoms with Gasteiger partial charge in [-0.2, -0.15) is 5.26 Å². The summed E-state index contributed by atoms with van der Waals surface area (Å²) in [6.07, 6.45) is 3.42. The van der Waals surface area contributed by atoms with Gasteiger partial charge in [0, 0.05) is 28.4 Å². The molecule has 33 heavy (non-hydrogen) atoms. The van der Waals surface area contributed by atoms with Crippen LogP contribution in [0.5, 0.6) is 0 Å². The molecule has 1 amide bonds. The zero-order valence-corrected chi connectivity index (χ0v) is 18.2. The van der Waals surface area contributed by atoms with Gasteiger partial charge in [0.15, 0.2) is 0 Å². The number of amides is 1. The van der Waals surface area contributed by atoms with Crippen LogP contribution in [0.2, 0.25) is 0 Å². The Labute approximate surface area is 190 Å². The molecule has 4 rings (SSSR count). The minimum atomic E-state index is -0.541. The number of nitrogens with one attached hydrogen (secondary N) is 1. The van der Waals surface area contributed by atoms with Crippen LogP contribution in [0.1, 0.15) is 27.4 Å². The maximum absolute atomic E-state index is 12.7. The van der Waals surface area contributed by atoms with Crippen molar-refractivity contribution in [3.8, 4) is 6.07 Å². The summed E-state index contributed by atoms with van der Waals surface area (Å²) in [6, 6.07) is 20.3. The Balaban J connectivity index is 1.65. The molecule has 0 bridgehead atoms. The molecule has 0 aliphatic rings. The van der Waals surface area contributed by atoms with Crippen molar-refractivity contribution in [2.75, 3.05) is 12.4 Å². The number of hydrogen-bond donors (Lipinski definition) is 1. The van der Waals surface area contributed by atoms with Crippen molar-refractivity contribution in [3.63, 3.8) is 0 Å². The molecule has 164 valence electrons. The Bertz CT molecular complexity index is 1420. The molecule has 0 aliphatic heterocycles. The van der Waals surface area contributed by atoms with E-state index in [1.54, 1.807) is 24.3 Å². The lowest BCUT2D eigenvalue weighted by Gasteiger charge is -2.05. The fourth-order valence-electron chi connectivity index (χ4n) is 3.59. The number of furan rings is 1. The van der Waals surface area contributed by atoms with Gasteiger partial charge in [0.25, 0.3) is 5.91 Å². The molecule has 4 aromatic rings. The molecule has 7 heteroatoms. The highest BCUT2D eigenvalue weighted by Gasteiger charge is 2.15. The Morgan fingerprint density at radius 2 is 1.97 bits per heavy atom. The fraction of sp³-hybridized carbons (Fsp3) is 0.115. The third-order valence-electron chi connectivity index (χ3n) is 5.13. The number of carbonyl (C=O) groups is 2. The maximum Gasteiger partial charge on any atom is 0.373 e. The summed E-state index contributed by atoms with van der Waals surface area (Å²) in [5, 5.41) is 13.3. The van der Waals surface area contributed by atoms with Crippen LogP contribution in [0.3, 0.4) is 0 Å². The van der Waals surface area contributed by atoms with Crippen molar-refractivity contribution in [2.24, 2.45) is 0 Å². The highest BCUT2D eigenvalue weighted by atomic mass is 16.5. The van der Waals surface area contributed by atoms with Gasteiger partial charge in [-0.1, -0.05) is 30.3 Å². The number of nitrogens with zero attached hydrogens (tertiary/aromatic N) is 2. The molecule has 7 nitrogen and oxygen atoms in total. The first-order valence-electron chi connectivity index (χ1n) is 10.2. The molecule has 0 atom stereocenters. The number of rotatable bonds is 6. The average molecular weight is 439 g/mol. The van der Waals surface area contributed by atoms with Crippen molar-refractivity contribution in [2.45, 2.75) is 13.5 Å². The van der Waals surface area contributed by atoms with Crippen LogP contribution in [-0.2, 0) is 16.1 Å². The number of methoxy groups -OCH3 is 1. The summed E-state index contributed by atoms with van der Waals surface area (Å²) < 4.78 is 12.2. The summed E-state index contributed by atoms with van der Waals surface area (Å²) in [4.78, 5) is 24.4. The van der Waals surface area contributed by atoms with E-state index in [1.165, 1.54) is 7.11 Å². The quantitative estimate of drug-likeness (QED) is 0.261. The van der Waals surface area contributed by atoms with E-state index in [9.17, 15) is 14.9 Å². The molecule has 1 N–H and O–H groups in total. The first-order chi connectivity index (χ1) is 16.0. The number of esters is 1. The molecule has 0 aliphatic carbocycles. The van der Waals surface area contributed by atoms with E-state index in [4.69, 9.17) is 4.42 Å². The van der Waals surface area contributed by atoms with Crippen LogP contribution in [-0.4, -0.2) is 23.6 Å². The van der Waals surface area contributed by atoms with Gasteiger partial charge in [-0.05, 0) is 48.9 Å². The second kappa shape index (κ2) is 9.28. The van der Waals surface area contributed by atoms with Crippen LogP contribution in [0, 0.1) is 18.3 Å². The van der Waals surface area contributed by atoms with Gasteiger partial charge in [0.05, 0.1) is 13.7 Å². The van der Waals surface area contributed by atoms with Crippen LogP contribution in [0.4, 0.5) is 5.69 Å². The van der Waals surface area contributed by atoms with Crippen molar-refractivity contribution in [3.05, 3.63) is 95.1 Å². The molecule has 2 aromatic heterocycles. The van der Waals surface area contributed by atoms with Crippen molar-refractivity contribution in [1.82, 2.24) is 4.57 Å². The minimum absolute atomic E-state index is 0.00890. The van der Waals surface area contributed by atoms with Gasteiger partial charge < -0.3 is 19.0 Å². The third-order valence-corrected chi connectivity index (χ3v) is 5.13. The summed E-state index contributed by atoms with van der Waals surface area (Å²) in [5.74, 6) is -0.317. The van der Waals surface area contributed by atoms with Gasteiger partial charge in [-0.25, -0.2) is 4.79 Å². The number of benzene rings is 2. The summed E-state index contributed by atoms with van der Waals surface area (Å²) in [6.45, 7) is 2.29. The first-order valence-corrected chi connectivity index (χ1v) is 10.2. The van der Waals surface area contributed by atoms with E-state index in [0.717, 1.165) is 22.0 Å². The number of carbonyl (C=O) groups excluding carboxylic acids is 2. The predicted molar refractivity (Wildman–Crippen MR) is 124 cm³/mol. The van der Waals surface area contributed by atoms with Crippen molar-refractivity contribution < 1.29 is 18.7 Å². The van der Waals surface area contributed by atoms with Crippen LogP contribution in [0.25, 0.3) is 17.0 Å². The number of para-hydroxylation sites is 1. The predicted octanol–water partition coefficient (Wildman–Crippen LogP) is 4.92. The second-order valence-electron chi connectivity index (χ2n) is 7.48. The number of ether oxygens (including phenoxy) is 1. The van der Waals surface area contributed by atoms with Crippen LogP contribution in [0.15, 0.2) is 76.9 Å². The number of aromatic nitrogens is 1. The van der Waals surface area contributed by atoms with Crippen LogP contribution < -0.4 is 5.32 Å². The van der Waals surface area contributed by atoms with E-state index >= 15 is 0 Å². The lowest BCUT2D eigenvalue weighted by molar-refractivity contribution is -0.112. The van der Waals surface area contributed by atoms with Gasteiger partial charge in [-0.15, -0.1) is 0 Å². The van der Waals surface area contributed by atoms with E-state index in [1.807, 2.05) is 66.2 Å². The van der Waals surface area contributed by atoms with E-state index in [2.05, 4.69) is 10.1 Å². The SMILES string of the molecule is COC(=O)c1ccc(Cn2cc(/C=C(/C#N)C(=O)Nc3cccc(C)c3)c3ccccc32)o1.